The molecule has 6 heteroatoms. The lowest BCUT2D eigenvalue weighted by molar-refractivity contribution is -0.146. The lowest BCUT2D eigenvalue weighted by Crippen LogP contribution is -2.53. The van der Waals surface area contributed by atoms with Gasteiger partial charge >= 0.3 is 5.97 Å². The number of amides is 2. The number of likely N-dealkylation sites (tertiary alicyclic amines) is 1. The third-order valence-corrected chi connectivity index (χ3v) is 4.65. The van der Waals surface area contributed by atoms with Crippen molar-refractivity contribution in [1.82, 2.24) is 10.2 Å². The van der Waals surface area contributed by atoms with Gasteiger partial charge in [-0.05, 0) is 31.6 Å². The second-order valence-electron chi connectivity index (χ2n) is 6.16. The molecule has 2 rings (SSSR count). The molecule has 21 heavy (non-hydrogen) atoms. The van der Waals surface area contributed by atoms with E-state index in [4.69, 9.17) is 5.11 Å². The van der Waals surface area contributed by atoms with Crippen molar-refractivity contribution in [3.63, 3.8) is 0 Å². The molecule has 2 aliphatic rings. The molecule has 1 saturated heterocycles. The minimum Gasteiger partial charge on any atom is -0.481 e. The highest BCUT2D eigenvalue weighted by Gasteiger charge is 2.36. The Morgan fingerprint density at radius 1 is 1.10 bits per heavy atom. The van der Waals surface area contributed by atoms with Crippen LogP contribution in [0.5, 0.6) is 0 Å². The minimum absolute atomic E-state index is 0.0408. The molecule has 2 fully saturated rings. The number of nitrogens with zero attached hydrogens (tertiary/aromatic N) is 1. The highest BCUT2D eigenvalue weighted by molar-refractivity contribution is 5.87. The third-order valence-electron chi connectivity index (χ3n) is 4.65. The third kappa shape index (κ3) is 3.95. The molecule has 1 unspecified atom stereocenters. The predicted octanol–water partition coefficient (Wildman–Crippen LogP) is 1.00. The number of hydrogen-bond donors (Lipinski definition) is 2. The first-order valence-corrected chi connectivity index (χ1v) is 7.77. The van der Waals surface area contributed by atoms with Gasteiger partial charge in [-0.1, -0.05) is 12.8 Å². The van der Waals surface area contributed by atoms with E-state index in [1.165, 1.54) is 6.92 Å². The maximum Gasteiger partial charge on any atom is 0.306 e. The second kappa shape index (κ2) is 6.91. The molecular formula is C15H24N2O4. The molecule has 118 valence electrons. The molecule has 0 bridgehead atoms. The average Bonchev–Trinajstić information content (AvgIpc) is 2.98. The zero-order chi connectivity index (χ0) is 15.4. The quantitative estimate of drug-likeness (QED) is 0.810. The van der Waals surface area contributed by atoms with Crippen LogP contribution < -0.4 is 5.32 Å². The maximum absolute atomic E-state index is 12.7. The van der Waals surface area contributed by atoms with E-state index in [-0.39, 0.29) is 23.7 Å². The van der Waals surface area contributed by atoms with E-state index < -0.39 is 12.0 Å². The molecule has 1 aliphatic heterocycles. The SMILES string of the molecule is CC(=O)NC(C(=O)N1CCC(C(=O)O)CC1)C1CCCC1. The fraction of sp³-hybridized carbons (Fsp3) is 0.800. The van der Waals surface area contributed by atoms with E-state index in [0.717, 1.165) is 25.7 Å². The molecule has 0 aromatic carbocycles. The zero-order valence-corrected chi connectivity index (χ0v) is 12.5. The monoisotopic (exact) mass is 296 g/mol. The highest BCUT2D eigenvalue weighted by Crippen LogP contribution is 2.29. The molecule has 0 aromatic rings. The van der Waals surface area contributed by atoms with Gasteiger partial charge in [0.25, 0.3) is 0 Å². The number of nitrogens with one attached hydrogen (secondary N) is 1. The van der Waals surface area contributed by atoms with Gasteiger partial charge in [-0.25, -0.2) is 0 Å². The van der Waals surface area contributed by atoms with E-state index in [1.807, 2.05) is 0 Å². The zero-order valence-electron chi connectivity index (χ0n) is 12.5. The van der Waals surface area contributed by atoms with E-state index in [2.05, 4.69) is 5.32 Å². The van der Waals surface area contributed by atoms with Gasteiger partial charge < -0.3 is 15.3 Å². The first-order valence-electron chi connectivity index (χ1n) is 7.77. The fourth-order valence-corrected chi connectivity index (χ4v) is 3.43. The number of aliphatic carboxylic acids is 1. The van der Waals surface area contributed by atoms with Crippen LogP contribution in [-0.4, -0.2) is 46.9 Å². The van der Waals surface area contributed by atoms with Crippen molar-refractivity contribution in [3.8, 4) is 0 Å². The molecule has 0 spiro atoms. The maximum atomic E-state index is 12.7. The summed E-state index contributed by atoms with van der Waals surface area (Å²) < 4.78 is 0. The highest BCUT2D eigenvalue weighted by atomic mass is 16.4. The lowest BCUT2D eigenvalue weighted by atomic mass is 9.93. The van der Waals surface area contributed by atoms with Crippen LogP contribution in [0.1, 0.15) is 45.4 Å². The van der Waals surface area contributed by atoms with Crippen LogP contribution in [-0.2, 0) is 14.4 Å². The van der Waals surface area contributed by atoms with Gasteiger partial charge in [0, 0.05) is 20.0 Å². The summed E-state index contributed by atoms with van der Waals surface area (Å²) >= 11 is 0. The topological polar surface area (TPSA) is 86.7 Å². The van der Waals surface area contributed by atoms with Gasteiger partial charge in [0.15, 0.2) is 0 Å². The number of carbonyl (C=O) groups excluding carboxylic acids is 2. The summed E-state index contributed by atoms with van der Waals surface area (Å²) in [4.78, 5) is 36.7. The van der Waals surface area contributed by atoms with Gasteiger partial charge in [0.05, 0.1) is 5.92 Å². The Kier molecular flexibility index (Phi) is 5.20. The summed E-state index contributed by atoms with van der Waals surface area (Å²) in [5, 5.41) is 11.8. The molecule has 6 nitrogen and oxygen atoms in total. The number of carbonyl (C=O) groups is 3. The van der Waals surface area contributed by atoms with Crippen molar-refractivity contribution in [3.05, 3.63) is 0 Å². The number of piperidine rings is 1. The molecule has 2 amide bonds. The van der Waals surface area contributed by atoms with E-state index >= 15 is 0 Å². The van der Waals surface area contributed by atoms with Crippen LogP contribution in [0, 0.1) is 11.8 Å². The Balaban J connectivity index is 1.98. The Bertz CT molecular complexity index is 410. The fourth-order valence-electron chi connectivity index (χ4n) is 3.43. The van der Waals surface area contributed by atoms with Gasteiger partial charge in [-0.2, -0.15) is 0 Å². The van der Waals surface area contributed by atoms with Crippen molar-refractivity contribution in [1.29, 1.82) is 0 Å². The Morgan fingerprint density at radius 2 is 1.67 bits per heavy atom. The van der Waals surface area contributed by atoms with Crippen molar-refractivity contribution >= 4 is 17.8 Å². The van der Waals surface area contributed by atoms with Crippen LogP contribution in [0.25, 0.3) is 0 Å². The summed E-state index contributed by atoms with van der Waals surface area (Å²) in [5.41, 5.74) is 0. The standard InChI is InChI=1S/C15H24N2O4/c1-10(18)16-13(11-4-2-3-5-11)14(19)17-8-6-12(7-9-17)15(20)21/h11-13H,2-9H2,1H3,(H,16,18)(H,20,21). The van der Waals surface area contributed by atoms with Crippen LogP contribution in [0.15, 0.2) is 0 Å². The molecule has 1 aliphatic carbocycles. The summed E-state index contributed by atoms with van der Waals surface area (Å²) in [6.07, 6.45) is 5.16. The Labute approximate surface area is 124 Å². The van der Waals surface area contributed by atoms with Gasteiger partial charge in [0.2, 0.25) is 11.8 Å². The van der Waals surface area contributed by atoms with Crippen molar-refractivity contribution in [2.75, 3.05) is 13.1 Å². The van der Waals surface area contributed by atoms with Crippen molar-refractivity contribution in [2.45, 2.75) is 51.5 Å². The lowest BCUT2D eigenvalue weighted by Gasteiger charge is -2.34. The van der Waals surface area contributed by atoms with Gasteiger partial charge in [0.1, 0.15) is 6.04 Å². The van der Waals surface area contributed by atoms with E-state index in [9.17, 15) is 14.4 Å². The first kappa shape index (κ1) is 15.8. The summed E-state index contributed by atoms with van der Waals surface area (Å²) in [5.74, 6) is -1.13. The summed E-state index contributed by atoms with van der Waals surface area (Å²) in [7, 11) is 0. The number of carboxylic acids is 1. The molecule has 2 N–H and O–H groups in total. The van der Waals surface area contributed by atoms with E-state index in [1.54, 1.807) is 4.90 Å². The summed E-state index contributed by atoms with van der Waals surface area (Å²) in [6, 6.07) is -0.439. The molecule has 0 aromatic heterocycles. The molecule has 1 saturated carbocycles. The average molecular weight is 296 g/mol. The number of carboxylic acid groups (broad SMARTS) is 1. The smallest absolute Gasteiger partial charge is 0.306 e. The normalized spacial score (nSPS) is 22.0. The Morgan fingerprint density at radius 3 is 2.14 bits per heavy atom. The molecule has 1 heterocycles. The second-order valence-corrected chi connectivity index (χ2v) is 6.16. The first-order chi connectivity index (χ1) is 9.99. The largest absolute Gasteiger partial charge is 0.481 e. The van der Waals surface area contributed by atoms with Crippen LogP contribution >= 0.6 is 0 Å². The molecular weight excluding hydrogens is 272 g/mol. The minimum atomic E-state index is -0.781. The van der Waals surface area contributed by atoms with Crippen molar-refractivity contribution in [2.24, 2.45) is 11.8 Å². The van der Waals surface area contributed by atoms with Gasteiger partial charge in [-0.3, -0.25) is 14.4 Å². The number of hydrogen-bond acceptors (Lipinski definition) is 3. The van der Waals surface area contributed by atoms with E-state index in [0.29, 0.717) is 25.9 Å². The van der Waals surface area contributed by atoms with Crippen molar-refractivity contribution < 1.29 is 19.5 Å². The van der Waals surface area contributed by atoms with Crippen LogP contribution in [0.3, 0.4) is 0 Å². The molecule has 0 radical (unpaired) electrons. The van der Waals surface area contributed by atoms with Gasteiger partial charge in [-0.15, -0.1) is 0 Å². The van der Waals surface area contributed by atoms with Crippen LogP contribution in [0.2, 0.25) is 0 Å². The molecule has 1 atom stereocenters. The predicted molar refractivity (Wildman–Crippen MR) is 76.5 cm³/mol. The number of rotatable bonds is 4. The Hall–Kier alpha value is -1.59. The van der Waals surface area contributed by atoms with Crippen LogP contribution in [0.4, 0.5) is 0 Å². The summed E-state index contributed by atoms with van der Waals surface area (Å²) in [6.45, 7) is 2.38.